The lowest BCUT2D eigenvalue weighted by Crippen LogP contribution is -2.31. The van der Waals surface area contributed by atoms with Gasteiger partial charge in [0.2, 0.25) is 0 Å². The average molecular weight is 417 g/mol. The monoisotopic (exact) mass is 417 g/mol. The van der Waals surface area contributed by atoms with Crippen LogP contribution in [0.25, 0.3) is 5.70 Å². The van der Waals surface area contributed by atoms with Crippen LogP contribution in [0.1, 0.15) is 46.7 Å². The van der Waals surface area contributed by atoms with Gasteiger partial charge in [-0.3, -0.25) is 9.59 Å². The summed E-state index contributed by atoms with van der Waals surface area (Å²) in [6, 6.07) is 11.1. The number of dihydropyridines is 1. The molecule has 0 radical (unpaired) electrons. The zero-order valence-corrected chi connectivity index (χ0v) is 17.7. The van der Waals surface area contributed by atoms with Crippen molar-refractivity contribution in [2.24, 2.45) is 0 Å². The molecule has 5 rings (SSSR count). The van der Waals surface area contributed by atoms with Crippen LogP contribution in [-0.2, 0) is 4.79 Å². The molecule has 6 heteroatoms. The van der Waals surface area contributed by atoms with Crippen LogP contribution in [0, 0.1) is 0 Å². The summed E-state index contributed by atoms with van der Waals surface area (Å²) in [6.07, 6.45) is 2.02. The molecule has 0 spiro atoms. The number of allylic oxidation sites excluding steroid dienone is 3. The lowest BCUT2D eigenvalue weighted by molar-refractivity contribution is -0.116. The third-order valence-electron chi connectivity index (χ3n) is 6.31. The fraction of sp³-hybridized carbons (Fsp3) is 0.280. The van der Waals surface area contributed by atoms with E-state index >= 15 is 0 Å². The molecule has 1 heterocycles. The molecule has 2 aliphatic carbocycles. The van der Waals surface area contributed by atoms with Crippen molar-refractivity contribution < 1.29 is 23.8 Å². The van der Waals surface area contributed by atoms with E-state index in [1.165, 1.54) is 0 Å². The summed E-state index contributed by atoms with van der Waals surface area (Å²) in [4.78, 5) is 26.7. The summed E-state index contributed by atoms with van der Waals surface area (Å²) in [6.45, 7) is 0. The maximum absolute atomic E-state index is 13.5. The first-order valence-corrected chi connectivity index (χ1v) is 10.3. The number of hydrogen-bond donors (Lipinski definition) is 1. The highest BCUT2D eigenvalue weighted by molar-refractivity contribution is 6.23. The first-order chi connectivity index (χ1) is 15.1. The Morgan fingerprint density at radius 1 is 0.839 bits per heavy atom. The minimum Gasteiger partial charge on any atom is -0.496 e. The highest BCUT2D eigenvalue weighted by atomic mass is 16.5. The van der Waals surface area contributed by atoms with Crippen LogP contribution < -0.4 is 19.5 Å². The number of Topliss-reactive ketones (excluding diaryl/α,β-unsaturated/α-hetero) is 2. The fourth-order valence-corrected chi connectivity index (χ4v) is 4.93. The Hall–Kier alpha value is -3.54. The van der Waals surface area contributed by atoms with Crippen molar-refractivity contribution in [2.45, 2.75) is 25.2 Å². The molecule has 1 unspecified atom stereocenters. The Labute approximate surface area is 180 Å². The van der Waals surface area contributed by atoms with E-state index in [9.17, 15) is 9.59 Å². The number of carbonyl (C=O) groups excluding carboxylic acids is 2. The molecule has 158 valence electrons. The number of fused-ring (bicyclic) bond motifs is 2. The van der Waals surface area contributed by atoms with Gasteiger partial charge < -0.3 is 19.5 Å². The molecule has 31 heavy (non-hydrogen) atoms. The second-order valence-corrected chi connectivity index (χ2v) is 7.84. The molecule has 1 N–H and O–H groups in total. The van der Waals surface area contributed by atoms with E-state index in [-0.39, 0.29) is 11.6 Å². The van der Waals surface area contributed by atoms with Crippen molar-refractivity contribution in [3.05, 3.63) is 69.9 Å². The van der Waals surface area contributed by atoms with Crippen LogP contribution in [0.2, 0.25) is 0 Å². The largest absolute Gasteiger partial charge is 0.496 e. The Morgan fingerprint density at radius 3 is 2.23 bits per heavy atom. The zero-order valence-electron chi connectivity index (χ0n) is 17.7. The number of carbonyl (C=O) groups is 2. The number of rotatable bonds is 4. The lowest BCUT2D eigenvalue weighted by Gasteiger charge is -2.34. The van der Waals surface area contributed by atoms with Gasteiger partial charge in [0.25, 0.3) is 0 Å². The molecule has 2 aromatic carbocycles. The minimum absolute atomic E-state index is 0.0610. The number of hydrogen-bond acceptors (Lipinski definition) is 6. The Balaban J connectivity index is 1.79. The van der Waals surface area contributed by atoms with E-state index in [1.807, 2.05) is 30.3 Å². The summed E-state index contributed by atoms with van der Waals surface area (Å²) in [5.74, 6) is 1.05. The summed E-state index contributed by atoms with van der Waals surface area (Å²) < 4.78 is 16.7. The van der Waals surface area contributed by atoms with Gasteiger partial charge in [-0.1, -0.05) is 24.3 Å². The van der Waals surface area contributed by atoms with Crippen LogP contribution in [0.3, 0.4) is 0 Å². The smallest absolute Gasteiger partial charge is 0.192 e. The normalized spacial score (nSPS) is 19.5. The standard InChI is InChI=1S/C25H23NO5/c1-29-18-12-20(31-3)19(30-2)11-15(18)21-22-16(9-6-10-17(22)27)26-24-13-7-4-5-8-14(13)25(28)23(21)24/h4-5,7-8,11-12,21,26H,6,9-10H2,1-3H3. The third-order valence-corrected chi connectivity index (χ3v) is 6.31. The molecular formula is C25H23NO5. The number of methoxy groups -OCH3 is 3. The highest BCUT2D eigenvalue weighted by Gasteiger charge is 2.44. The minimum atomic E-state index is -0.534. The van der Waals surface area contributed by atoms with Gasteiger partial charge in [0, 0.05) is 51.9 Å². The van der Waals surface area contributed by atoms with Crippen LogP contribution in [-0.4, -0.2) is 32.9 Å². The number of ether oxygens (including phenoxy) is 3. The van der Waals surface area contributed by atoms with Gasteiger partial charge in [-0.05, 0) is 18.9 Å². The van der Waals surface area contributed by atoms with Crippen molar-refractivity contribution in [2.75, 3.05) is 21.3 Å². The molecule has 6 nitrogen and oxygen atoms in total. The predicted molar refractivity (Wildman–Crippen MR) is 116 cm³/mol. The molecule has 0 saturated carbocycles. The van der Waals surface area contributed by atoms with E-state index in [1.54, 1.807) is 27.4 Å². The van der Waals surface area contributed by atoms with Crippen molar-refractivity contribution >= 4 is 17.3 Å². The number of benzene rings is 2. The quantitative estimate of drug-likeness (QED) is 0.810. The second-order valence-electron chi connectivity index (χ2n) is 7.84. The van der Waals surface area contributed by atoms with Gasteiger partial charge in [-0.15, -0.1) is 0 Å². The molecule has 0 aromatic heterocycles. The molecule has 1 aliphatic heterocycles. The predicted octanol–water partition coefficient (Wildman–Crippen LogP) is 4.01. The SMILES string of the molecule is COc1cc(OC)c(C2C3=C(CCCC3=O)NC3=C2C(=O)c2ccccc23)cc1OC. The van der Waals surface area contributed by atoms with Gasteiger partial charge in [0.1, 0.15) is 5.75 Å². The molecule has 0 amide bonds. The van der Waals surface area contributed by atoms with Gasteiger partial charge in [-0.2, -0.15) is 0 Å². The van der Waals surface area contributed by atoms with Gasteiger partial charge in [-0.25, -0.2) is 0 Å². The molecule has 0 bridgehead atoms. The van der Waals surface area contributed by atoms with Gasteiger partial charge in [0.05, 0.1) is 27.0 Å². The Bertz CT molecular complexity index is 1190. The molecule has 2 aromatic rings. The zero-order chi connectivity index (χ0) is 21.7. The molecule has 0 saturated heterocycles. The maximum atomic E-state index is 13.5. The van der Waals surface area contributed by atoms with Crippen molar-refractivity contribution in [1.82, 2.24) is 5.32 Å². The topological polar surface area (TPSA) is 73.9 Å². The highest BCUT2D eigenvalue weighted by Crippen LogP contribution is 2.52. The van der Waals surface area contributed by atoms with E-state index in [2.05, 4.69) is 5.32 Å². The van der Waals surface area contributed by atoms with Crippen molar-refractivity contribution in [3.63, 3.8) is 0 Å². The van der Waals surface area contributed by atoms with Gasteiger partial charge in [0.15, 0.2) is 23.1 Å². The molecule has 1 atom stereocenters. The van der Waals surface area contributed by atoms with E-state index in [0.29, 0.717) is 40.4 Å². The van der Waals surface area contributed by atoms with Crippen LogP contribution in [0.4, 0.5) is 0 Å². The average Bonchev–Trinajstić information content (AvgIpc) is 3.09. The first kappa shape index (κ1) is 19.4. The summed E-state index contributed by atoms with van der Waals surface area (Å²) >= 11 is 0. The summed E-state index contributed by atoms with van der Waals surface area (Å²) in [7, 11) is 4.70. The molecule has 3 aliphatic rings. The molecular weight excluding hydrogens is 394 g/mol. The van der Waals surface area contributed by atoms with Crippen molar-refractivity contribution in [3.8, 4) is 17.2 Å². The van der Waals surface area contributed by atoms with Crippen LogP contribution in [0.5, 0.6) is 17.2 Å². The summed E-state index contributed by atoms with van der Waals surface area (Å²) in [5.41, 5.74) is 5.15. The molecule has 0 fully saturated rings. The summed E-state index contributed by atoms with van der Waals surface area (Å²) in [5, 5.41) is 3.44. The van der Waals surface area contributed by atoms with Crippen molar-refractivity contribution in [1.29, 1.82) is 0 Å². The number of nitrogens with one attached hydrogen (secondary N) is 1. The first-order valence-electron chi connectivity index (χ1n) is 10.3. The lowest BCUT2D eigenvalue weighted by atomic mass is 9.74. The number of ketones is 2. The Morgan fingerprint density at radius 2 is 1.52 bits per heavy atom. The maximum Gasteiger partial charge on any atom is 0.192 e. The van der Waals surface area contributed by atoms with Crippen LogP contribution in [0.15, 0.2) is 53.2 Å². The second kappa shape index (κ2) is 7.30. The fourth-order valence-electron chi connectivity index (χ4n) is 4.93. The van der Waals surface area contributed by atoms with E-state index in [4.69, 9.17) is 14.2 Å². The van der Waals surface area contributed by atoms with Crippen LogP contribution >= 0.6 is 0 Å². The van der Waals surface area contributed by atoms with Gasteiger partial charge >= 0.3 is 0 Å². The van der Waals surface area contributed by atoms with E-state index < -0.39 is 5.92 Å². The Kier molecular flexibility index (Phi) is 4.58. The van der Waals surface area contributed by atoms with E-state index in [0.717, 1.165) is 35.4 Å². The third kappa shape index (κ3) is 2.78.